The van der Waals surface area contributed by atoms with Gasteiger partial charge in [-0.2, -0.15) is 0 Å². The Morgan fingerprint density at radius 3 is 2.83 bits per heavy atom. The number of nitrogens with zero attached hydrogens (tertiary/aromatic N) is 2. The number of amides is 2. The van der Waals surface area contributed by atoms with E-state index >= 15 is 0 Å². The summed E-state index contributed by atoms with van der Waals surface area (Å²) in [6.45, 7) is 0.434. The van der Waals surface area contributed by atoms with Crippen LogP contribution in [0, 0.1) is 0 Å². The van der Waals surface area contributed by atoms with Gasteiger partial charge in [0.1, 0.15) is 0 Å². The molecule has 6 nitrogen and oxygen atoms in total. The molecule has 1 atom stereocenters. The molecule has 116 valence electrons. The van der Waals surface area contributed by atoms with Crippen molar-refractivity contribution in [3.8, 4) is 11.5 Å². The van der Waals surface area contributed by atoms with Crippen LogP contribution in [0.1, 0.15) is 17.2 Å². The van der Waals surface area contributed by atoms with Crippen molar-refractivity contribution in [2.24, 2.45) is 4.99 Å². The van der Waals surface area contributed by atoms with Crippen LogP contribution >= 0.6 is 0 Å². The third kappa shape index (κ3) is 2.19. The van der Waals surface area contributed by atoms with Gasteiger partial charge in [-0.15, -0.1) is 0 Å². The first-order chi connectivity index (χ1) is 11.1. The molecule has 0 aromatic heterocycles. The molecule has 1 fully saturated rings. The van der Waals surface area contributed by atoms with E-state index in [1.165, 1.54) is 12.1 Å². The van der Waals surface area contributed by atoms with Crippen LogP contribution < -0.4 is 10.2 Å². The quantitative estimate of drug-likeness (QED) is 0.745. The predicted octanol–water partition coefficient (Wildman–Crippen LogP) is 2.63. The van der Waals surface area contributed by atoms with Gasteiger partial charge in [0, 0.05) is 24.9 Å². The first kappa shape index (κ1) is 13.6. The number of nitrogens with one attached hydrogen (secondary N) is 1. The zero-order chi connectivity index (χ0) is 16.0. The first-order valence-electron chi connectivity index (χ1n) is 7.38. The molecule has 0 bridgehead atoms. The van der Waals surface area contributed by atoms with Crippen LogP contribution in [-0.4, -0.2) is 29.0 Å². The SMILES string of the molecule is O=C1NCC(c2ccc(O)c(O)c2)N1c1ccc2c(c1)N=CC2. The van der Waals surface area contributed by atoms with Gasteiger partial charge >= 0.3 is 6.03 Å². The van der Waals surface area contributed by atoms with Gasteiger partial charge < -0.3 is 15.5 Å². The van der Waals surface area contributed by atoms with E-state index in [-0.39, 0.29) is 23.6 Å². The fourth-order valence-electron chi connectivity index (χ4n) is 3.05. The Hall–Kier alpha value is -3.02. The van der Waals surface area contributed by atoms with Crippen molar-refractivity contribution in [1.82, 2.24) is 5.32 Å². The molecule has 2 aromatic rings. The van der Waals surface area contributed by atoms with Gasteiger partial charge in [0.05, 0.1) is 11.7 Å². The number of benzene rings is 2. The van der Waals surface area contributed by atoms with Gasteiger partial charge in [0.2, 0.25) is 0 Å². The van der Waals surface area contributed by atoms with E-state index in [1.807, 2.05) is 24.4 Å². The molecule has 0 spiro atoms. The Labute approximate surface area is 132 Å². The van der Waals surface area contributed by atoms with Gasteiger partial charge in [-0.1, -0.05) is 12.1 Å². The topological polar surface area (TPSA) is 85.2 Å². The Balaban J connectivity index is 1.74. The van der Waals surface area contributed by atoms with Crippen molar-refractivity contribution in [2.45, 2.75) is 12.5 Å². The molecule has 0 radical (unpaired) electrons. The summed E-state index contributed by atoms with van der Waals surface area (Å²) < 4.78 is 0. The highest BCUT2D eigenvalue weighted by atomic mass is 16.3. The average molecular weight is 309 g/mol. The molecule has 23 heavy (non-hydrogen) atoms. The van der Waals surface area contributed by atoms with Gasteiger partial charge in [-0.05, 0) is 35.4 Å². The maximum Gasteiger partial charge on any atom is 0.322 e. The van der Waals surface area contributed by atoms with Crippen molar-refractivity contribution >= 4 is 23.6 Å². The van der Waals surface area contributed by atoms with Crippen molar-refractivity contribution in [3.05, 3.63) is 47.5 Å². The lowest BCUT2D eigenvalue weighted by Gasteiger charge is -2.24. The van der Waals surface area contributed by atoms with E-state index in [4.69, 9.17) is 0 Å². The summed E-state index contributed by atoms with van der Waals surface area (Å²) in [6, 6.07) is 9.97. The van der Waals surface area contributed by atoms with Gasteiger partial charge in [0.25, 0.3) is 0 Å². The second-order valence-electron chi connectivity index (χ2n) is 5.65. The zero-order valence-electron chi connectivity index (χ0n) is 12.2. The summed E-state index contributed by atoms with van der Waals surface area (Å²) >= 11 is 0. The van der Waals surface area contributed by atoms with Crippen molar-refractivity contribution in [1.29, 1.82) is 0 Å². The summed E-state index contributed by atoms with van der Waals surface area (Å²) in [4.78, 5) is 18.3. The second-order valence-corrected chi connectivity index (χ2v) is 5.65. The number of aliphatic imine (C=N–C) groups is 1. The monoisotopic (exact) mass is 309 g/mol. The zero-order valence-corrected chi connectivity index (χ0v) is 12.2. The number of carbonyl (C=O) groups excluding carboxylic acids is 1. The molecule has 2 heterocycles. The van der Waals surface area contributed by atoms with E-state index in [0.717, 1.165) is 28.9 Å². The highest BCUT2D eigenvalue weighted by molar-refractivity contribution is 5.96. The standard InChI is InChI=1S/C17H15N3O3/c21-15-4-2-11(7-16(15)22)14-9-19-17(23)20(14)12-3-1-10-5-6-18-13(10)8-12/h1-4,6-8,14,21-22H,5,9H2,(H,19,23). The van der Waals surface area contributed by atoms with Crippen molar-refractivity contribution in [3.63, 3.8) is 0 Å². The van der Waals surface area contributed by atoms with E-state index < -0.39 is 0 Å². The lowest BCUT2D eigenvalue weighted by atomic mass is 10.0. The summed E-state index contributed by atoms with van der Waals surface area (Å²) in [6.07, 6.45) is 2.67. The molecule has 4 rings (SSSR count). The summed E-state index contributed by atoms with van der Waals surface area (Å²) in [5.74, 6) is -0.371. The molecule has 2 aliphatic rings. The maximum atomic E-state index is 12.3. The normalized spacial score (nSPS) is 19.0. The molecule has 1 saturated heterocycles. The number of rotatable bonds is 2. The Morgan fingerprint density at radius 2 is 2.00 bits per heavy atom. The third-order valence-corrected chi connectivity index (χ3v) is 4.25. The highest BCUT2D eigenvalue weighted by Gasteiger charge is 2.33. The maximum absolute atomic E-state index is 12.3. The Kier molecular flexibility index (Phi) is 2.97. The first-order valence-corrected chi connectivity index (χ1v) is 7.38. The van der Waals surface area contributed by atoms with Crippen LogP contribution in [0.25, 0.3) is 0 Å². The minimum Gasteiger partial charge on any atom is -0.504 e. The number of fused-ring (bicyclic) bond motifs is 1. The van der Waals surface area contributed by atoms with E-state index in [0.29, 0.717) is 6.54 Å². The molecule has 2 aliphatic heterocycles. The summed E-state index contributed by atoms with van der Waals surface area (Å²) in [7, 11) is 0. The number of aromatic hydroxyl groups is 2. The van der Waals surface area contributed by atoms with Crippen LogP contribution in [0.2, 0.25) is 0 Å². The molecule has 2 amide bonds. The molecule has 6 heteroatoms. The molecular weight excluding hydrogens is 294 g/mol. The Bertz CT molecular complexity index is 832. The third-order valence-electron chi connectivity index (χ3n) is 4.25. The van der Waals surface area contributed by atoms with Crippen molar-refractivity contribution < 1.29 is 15.0 Å². The average Bonchev–Trinajstić information content (AvgIpc) is 3.15. The molecule has 1 unspecified atom stereocenters. The summed E-state index contributed by atoms with van der Waals surface area (Å²) in [5, 5.41) is 22.0. The fraction of sp³-hybridized carbons (Fsp3) is 0.176. The summed E-state index contributed by atoms with van der Waals surface area (Å²) in [5.41, 5.74) is 3.54. The minimum absolute atomic E-state index is 0.176. The van der Waals surface area contributed by atoms with Crippen LogP contribution in [-0.2, 0) is 6.42 Å². The van der Waals surface area contributed by atoms with Crippen molar-refractivity contribution in [2.75, 3.05) is 11.4 Å². The van der Waals surface area contributed by atoms with Gasteiger partial charge in [0.15, 0.2) is 11.5 Å². The number of phenols is 2. The molecule has 3 N–H and O–H groups in total. The molecular formula is C17H15N3O3. The molecule has 0 aliphatic carbocycles. The highest BCUT2D eigenvalue weighted by Crippen LogP contribution is 2.37. The minimum atomic E-state index is -0.252. The van der Waals surface area contributed by atoms with E-state index in [2.05, 4.69) is 10.3 Å². The van der Waals surface area contributed by atoms with Crippen LogP contribution in [0.15, 0.2) is 41.4 Å². The predicted molar refractivity (Wildman–Crippen MR) is 86.7 cm³/mol. The molecule has 0 saturated carbocycles. The Morgan fingerprint density at radius 1 is 1.13 bits per heavy atom. The number of carbonyl (C=O) groups is 1. The van der Waals surface area contributed by atoms with E-state index in [1.54, 1.807) is 11.0 Å². The number of hydrogen-bond acceptors (Lipinski definition) is 4. The lowest BCUT2D eigenvalue weighted by Crippen LogP contribution is -2.29. The lowest BCUT2D eigenvalue weighted by molar-refractivity contribution is 0.251. The van der Waals surface area contributed by atoms with Gasteiger partial charge in [-0.25, -0.2) is 4.79 Å². The largest absolute Gasteiger partial charge is 0.504 e. The number of phenolic OH excluding ortho intramolecular Hbond substituents is 2. The second kappa shape index (κ2) is 5.01. The fourth-order valence-corrected chi connectivity index (χ4v) is 3.05. The van der Waals surface area contributed by atoms with Crippen LogP contribution in [0.3, 0.4) is 0 Å². The number of urea groups is 1. The van der Waals surface area contributed by atoms with Gasteiger partial charge in [-0.3, -0.25) is 9.89 Å². The smallest absolute Gasteiger partial charge is 0.322 e. The number of anilines is 1. The molecule has 2 aromatic carbocycles. The van der Waals surface area contributed by atoms with Crippen LogP contribution in [0.4, 0.5) is 16.2 Å². The number of hydrogen-bond donors (Lipinski definition) is 3. The van der Waals surface area contributed by atoms with E-state index in [9.17, 15) is 15.0 Å². The van der Waals surface area contributed by atoms with Crippen LogP contribution in [0.5, 0.6) is 11.5 Å².